The number of carbonyl (C=O) groups is 1. The first-order chi connectivity index (χ1) is 11.2. The van der Waals surface area contributed by atoms with E-state index in [4.69, 9.17) is 4.74 Å². The second kappa shape index (κ2) is 7.49. The van der Waals surface area contributed by atoms with Crippen LogP contribution in [0.1, 0.15) is 41.0 Å². The van der Waals surface area contributed by atoms with Gasteiger partial charge in [0.2, 0.25) is 10.0 Å². The van der Waals surface area contributed by atoms with E-state index >= 15 is 0 Å². The Labute approximate surface area is 147 Å². The standard InChI is InChI=1S/C16H24N2O6S/c1-15(2,3)24-14(19)10-16(4,5)11-17-25(22,23)13-9-7-6-8-12(13)18(20)21/h6-9,17H,10-11H2,1-5H3. The van der Waals surface area contributed by atoms with Gasteiger partial charge in [0.15, 0.2) is 4.90 Å². The number of benzene rings is 1. The molecule has 0 atom stereocenters. The summed E-state index contributed by atoms with van der Waals surface area (Å²) in [5, 5.41) is 11.0. The summed E-state index contributed by atoms with van der Waals surface area (Å²) in [6, 6.07) is 5.10. The van der Waals surface area contributed by atoms with Crippen molar-refractivity contribution in [3.05, 3.63) is 34.4 Å². The Hall–Kier alpha value is -2.00. The zero-order valence-corrected chi connectivity index (χ0v) is 15.8. The molecule has 0 saturated carbocycles. The smallest absolute Gasteiger partial charge is 0.306 e. The molecule has 0 aliphatic heterocycles. The number of ether oxygens (including phenoxy) is 1. The maximum absolute atomic E-state index is 12.4. The molecular weight excluding hydrogens is 348 g/mol. The molecule has 0 aliphatic carbocycles. The van der Waals surface area contributed by atoms with E-state index in [1.54, 1.807) is 34.6 Å². The monoisotopic (exact) mass is 372 g/mol. The van der Waals surface area contributed by atoms with E-state index in [2.05, 4.69) is 4.72 Å². The highest BCUT2D eigenvalue weighted by Gasteiger charge is 2.30. The highest BCUT2D eigenvalue weighted by molar-refractivity contribution is 7.89. The van der Waals surface area contributed by atoms with Crippen molar-refractivity contribution >= 4 is 21.7 Å². The van der Waals surface area contributed by atoms with Crippen molar-refractivity contribution in [1.82, 2.24) is 4.72 Å². The van der Waals surface area contributed by atoms with Crippen LogP contribution in [0, 0.1) is 15.5 Å². The molecule has 0 aliphatic rings. The van der Waals surface area contributed by atoms with Crippen LogP contribution in [0.3, 0.4) is 0 Å². The number of esters is 1. The molecule has 0 amide bonds. The van der Waals surface area contributed by atoms with Crippen LogP contribution in [0.15, 0.2) is 29.2 Å². The Morgan fingerprint density at radius 3 is 2.28 bits per heavy atom. The van der Waals surface area contributed by atoms with Gasteiger partial charge in [-0.15, -0.1) is 0 Å². The van der Waals surface area contributed by atoms with Crippen LogP contribution < -0.4 is 4.72 Å². The van der Waals surface area contributed by atoms with Gasteiger partial charge in [0, 0.05) is 12.6 Å². The molecule has 1 aromatic carbocycles. The van der Waals surface area contributed by atoms with Crippen molar-refractivity contribution in [2.75, 3.05) is 6.54 Å². The SMILES string of the molecule is CC(C)(CNS(=O)(=O)c1ccccc1[N+](=O)[O-])CC(=O)OC(C)(C)C. The van der Waals surface area contributed by atoms with E-state index in [0.717, 1.165) is 6.07 Å². The lowest BCUT2D eigenvalue weighted by molar-refractivity contribution is -0.387. The molecule has 0 saturated heterocycles. The Morgan fingerprint density at radius 1 is 1.20 bits per heavy atom. The average Bonchev–Trinajstić information content (AvgIpc) is 2.42. The zero-order chi connectivity index (χ0) is 19.5. The van der Waals surface area contributed by atoms with Gasteiger partial charge in [0.05, 0.1) is 11.3 Å². The molecule has 0 radical (unpaired) electrons. The number of nitrogens with one attached hydrogen (secondary N) is 1. The molecule has 1 aromatic rings. The Morgan fingerprint density at radius 2 is 1.76 bits per heavy atom. The molecule has 140 valence electrons. The average molecular weight is 372 g/mol. The number of nitro groups is 1. The van der Waals surface area contributed by atoms with E-state index in [9.17, 15) is 23.3 Å². The minimum Gasteiger partial charge on any atom is -0.460 e. The molecule has 1 rings (SSSR count). The van der Waals surface area contributed by atoms with Gasteiger partial charge in [-0.3, -0.25) is 14.9 Å². The van der Waals surface area contributed by atoms with Crippen LogP contribution in [0.2, 0.25) is 0 Å². The molecule has 0 spiro atoms. The van der Waals surface area contributed by atoms with Gasteiger partial charge in [0.25, 0.3) is 5.69 Å². The first-order valence-corrected chi connectivity index (χ1v) is 9.17. The van der Waals surface area contributed by atoms with Crippen molar-refractivity contribution < 1.29 is 22.9 Å². The van der Waals surface area contributed by atoms with Crippen LogP contribution >= 0.6 is 0 Å². The molecule has 0 bridgehead atoms. The van der Waals surface area contributed by atoms with Crippen molar-refractivity contribution in [3.8, 4) is 0 Å². The fraction of sp³-hybridized carbons (Fsp3) is 0.562. The fourth-order valence-electron chi connectivity index (χ4n) is 2.03. The third-order valence-corrected chi connectivity index (χ3v) is 4.58. The lowest BCUT2D eigenvalue weighted by atomic mass is 9.90. The Balaban J connectivity index is 2.85. The molecule has 8 nitrogen and oxygen atoms in total. The molecule has 0 aromatic heterocycles. The van der Waals surface area contributed by atoms with E-state index in [-0.39, 0.29) is 13.0 Å². The Kier molecular flexibility index (Phi) is 6.30. The summed E-state index contributed by atoms with van der Waals surface area (Å²) in [4.78, 5) is 21.8. The third-order valence-electron chi connectivity index (χ3n) is 3.14. The molecule has 0 heterocycles. The largest absolute Gasteiger partial charge is 0.460 e. The highest BCUT2D eigenvalue weighted by Crippen LogP contribution is 2.25. The second-order valence-corrected chi connectivity index (χ2v) is 9.21. The topological polar surface area (TPSA) is 116 Å². The number of nitro benzene ring substituents is 1. The second-order valence-electron chi connectivity index (χ2n) is 7.48. The summed E-state index contributed by atoms with van der Waals surface area (Å²) < 4.78 is 32.3. The first kappa shape index (κ1) is 21.0. The van der Waals surface area contributed by atoms with E-state index in [1.807, 2.05) is 0 Å². The number of carbonyl (C=O) groups excluding carboxylic acids is 1. The van der Waals surface area contributed by atoms with Crippen LogP contribution in [-0.4, -0.2) is 31.5 Å². The van der Waals surface area contributed by atoms with Gasteiger partial charge in [-0.25, -0.2) is 13.1 Å². The van der Waals surface area contributed by atoms with Gasteiger partial charge in [0.1, 0.15) is 5.60 Å². The van der Waals surface area contributed by atoms with E-state index in [0.29, 0.717) is 0 Å². The number of sulfonamides is 1. The number of nitrogens with zero attached hydrogens (tertiary/aromatic N) is 1. The zero-order valence-electron chi connectivity index (χ0n) is 15.0. The predicted molar refractivity (Wildman–Crippen MR) is 92.5 cm³/mol. The molecular formula is C16H24N2O6S. The molecule has 9 heteroatoms. The number of rotatable bonds is 7. The van der Waals surface area contributed by atoms with Gasteiger partial charge >= 0.3 is 5.97 Å². The highest BCUT2D eigenvalue weighted by atomic mass is 32.2. The van der Waals surface area contributed by atoms with E-state index in [1.165, 1.54) is 18.2 Å². The minimum atomic E-state index is -4.08. The summed E-state index contributed by atoms with van der Waals surface area (Å²) in [6.45, 7) is 8.58. The van der Waals surface area contributed by atoms with Crippen molar-refractivity contribution in [2.45, 2.75) is 51.5 Å². The van der Waals surface area contributed by atoms with Crippen LogP contribution in [-0.2, 0) is 19.6 Å². The maximum atomic E-state index is 12.4. The summed E-state index contributed by atoms with van der Waals surface area (Å²) in [7, 11) is -4.08. The van der Waals surface area contributed by atoms with Gasteiger partial charge < -0.3 is 4.74 Å². The third kappa shape index (κ3) is 6.79. The first-order valence-electron chi connectivity index (χ1n) is 7.68. The van der Waals surface area contributed by atoms with Crippen molar-refractivity contribution in [2.24, 2.45) is 5.41 Å². The van der Waals surface area contributed by atoms with E-state index < -0.39 is 42.5 Å². The van der Waals surface area contributed by atoms with Gasteiger partial charge in [-0.1, -0.05) is 26.0 Å². The van der Waals surface area contributed by atoms with Crippen molar-refractivity contribution in [1.29, 1.82) is 0 Å². The van der Waals surface area contributed by atoms with Gasteiger partial charge in [-0.05, 0) is 32.3 Å². The normalized spacial score (nSPS) is 12.7. The molecule has 0 unspecified atom stereocenters. The maximum Gasteiger partial charge on any atom is 0.306 e. The molecule has 25 heavy (non-hydrogen) atoms. The van der Waals surface area contributed by atoms with Crippen molar-refractivity contribution in [3.63, 3.8) is 0 Å². The van der Waals surface area contributed by atoms with Gasteiger partial charge in [-0.2, -0.15) is 0 Å². The summed E-state index contributed by atoms with van der Waals surface area (Å²) in [6.07, 6.45) is 0.00364. The Bertz CT molecular complexity index is 750. The summed E-state index contributed by atoms with van der Waals surface area (Å²) >= 11 is 0. The minimum absolute atomic E-state index is 0.00364. The molecule has 0 fully saturated rings. The van der Waals surface area contributed by atoms with Crippen LogP contribution in [0.4, 0.5) is 5.69 Å². The predicted octanol–water partition coefficient (Wildman–Crippen LogP) is 2.63. The lowest BCUT2D eigenvalue weighted by Gasteiger charge is -2.26. The summed E-state index contributed by atoms with van der Waals surface area (Å²) in [5.41, 5.74) is -1.85. The molecule has 1 N–H and O–H groups in total. The summed E-state index contributed by atoms with van der Waals surface area (Å²) in [5.74, 6) is -0.442. The van der Waals surface area contributed by atoms with Crippen LogP contribution in [0.25, 0.3) is 0 Å². The number of para-hydroxylation sites is 1. The van der Waals surface area contributed by atoms with Crippen LogP contribution in [0.5, 0.6) is 0 Å². The fourth-order valence-corrected chi connectivity index (χ4v) is 3.45. The number of hydrogen-bond acceptors (Lipinski definition) is 6. The number of hydrogen-bond donors (Lipinski definition) is 1. The lowest BCUT2D eigenvalue weighted by Crippen LogP contribution is -2.37. The quantitative estimate of drug-likeness (QED) is 0.447.